The number of fused-ring (bicyclic) bond motifs is 1. The standard InChI is InChI=1S/C14H13N3/c1-10-5-6-17-13(9-16-14(17)7-10)11-3-2-4-12(15)8-11/h2-9H,15H2,1H3. The van der Waals surface area contributed by atoms with Gasteiger partial charge in [0.15, 0.2) is 0 Å². The van der Waals surface area contributed by atoms with Crippen molar-refractivity contribution in [3.8, 4) is 11.3 Å². The average molecular weight is 223 g/mol. The van der Waals surface area contributed by atoms with Gasteiger partial charge in [-0.25, -0.2) is 4.98 Å². The summed E-state index contributed by atoms with van der Waals surface area (Å²) in [6.07, 6.45) is 3.92. The second-order valence-electron chi connectivity index (χ2n) is 4.20. The van der Waals surface area contributed by atoms with E-state index in [0.717, 1.165) is 22.6 Å². The van der Waals surface area contributed by atoms with Crippen LogP contribution in [0.3, 0.4) is 0 Å². The quantitative estimate of drug-likeness (QED) is 0.644. The minimum atomic E-state index is 0.768. The molecule has 0 atom stereocenters. The molecule has 0 radical (unpaired) electrons. The lowest BCUT2D eigenvalue weighted by Crippen LogP contribution is -1.90. The average Bonchev–Trinajstić information content (AvgIpc) is 2.71. The van der Waals surface area contributed by atoms with Gasteiger partial charge in [-0.15, -0.1) is 0 Å². The Morgan fingerprint density at radius 2 is 2.06 bits per heavy atom. The van der Waals surface area contributed by atoms with Crippen molar-refractivity contribution in [2.24, 2.45) is 0 Å². The maximum Gasteiger partial charge on any atom is 0.137 e. The maximum atomic E-state index is 5.80. The summed E-state index contributed by atoms with van der Waals surface area (Å²) in [7, 11) is 0. The summed E-state index contributed by atoms with van der Waals surface area (Å²) in [4.78, 5) is 4.41. The number of rotatable bonds is 1. The number of pyridine rings is 1. The van der Waals surface area contributed by atoms with Crippen molar-refractivity contribution in [1.29, 1.82) is 0 Å². The molecule has 3 rings (SSSR count). The SMILES string of the molecule is Cc1ccn2c(-c3cccc(N)c3)cnc2c1. The molecular weight excluding hydrogens is 210 g/mol. The molecule has 84 valence electrons. The van der Waals surface area contributed by atoms with Gasteiger partial charge in [-0.1, -0.05) is 12.1 Å². The minimum Gasteiger partial charge on any atom is -0.399 e. The number of aryl methyl sites for hydroxylation is 1. The maximum absolute atomic E-state index is 5.80. The lowest BCUT2D eigenvalue weighted by Gasteiger charge is -2.03. The van der Waals surface area contributed by atoms with Gasteiger partial charge in [-0.2, -0.15) is 0 Å². The van der Waals surface area contributed by atoms with Gasteiger partial charge in [-0.3, -0.25) is 4.40 Å². The Morgan fingerprint density at radius 3 is 2.88 bits per heavy atom. The summed E-state index contributed by atoms with van der Waals surface area (Å²) in [5.74, 6) is 0. The monoisotopic (exact) mass is 223 g/mol. The van der Waals surface area contributed by atoms with Crippen LogP contribution >= 0.6 is 0 Å². The van der Waals surface area contributed by atoms with E-state index in [2.05, 4.69) is 28.4 Å². The molecule has 0 aliphatic rings. The van der Waals surface area contributed by atoms with E-state index in [0.29, 0.717) is 0 Å². The molecule has 0 saturated carbocycles. The van der Waals surface area contributed by atoms with Crippen molar-refractivity contribution in [3.05, 3.63) is 54.4 Å². The summed E-state index contributed by atoms with van der Waals surface area (Å²) in [6, 6.07) is 12.0. The Hall–Kier alpha value is -2.29. The molecule has 0 unspecified atom stereocenters. The number of aromatic nitrogens is 2. The number of nitrogen functional groups attached to an aromatic ring is 1. The molecule has 17 heavy (non-hydrogen) atoms. The second kappa shape index (κ2) is 3.63. The van der Waals surface area contributed by atoms with Crippen LogP contribution in [-0.4, -0.2) is 9.38 Å². The Morgan fingerprint density at radius 1 is 1.18 bits per heavy atom. The van der Waals surface area contributed by atoms with Gasteiger partial charge in [0.25, 0.3) is 0 Å². The van der Waals surface area contributed by atoms with Crippen LogP contribution in [0.1, 0.15) is 5.56 Å². The van der Waals surface area contributed by atoms with Crippen molar-refractivity contribution in [2.75, 3.05) is 5.73 Å². The van der Waals surface area contributed by atoms with E-state index in [1.54, 1.807) is 0 Å². The zero-order chi connectivity index (χ0) is 11.8. The largest absolute Gasteiger partial charge is 0.399 e. The molecular formula is C14H13N3. The van der Waals surface area contributed by atoms with Gasteiger partial charge in [0.05, 0.1) is 11.9 Å². The van der Waals surface area contributed by atoms with E-state index in [9.17, 15) is 0 Å². The molecule has 2 N–H and O–H groups in total. The van der Waals surface area contributed by atoms with Crippen LogP contribution in [0.4, 0.5) is 5.69 Å². The summed E-state index contributed by atoms with van der Waals surface area (Å²) >= 11 is 0. The number of anilines is 1. The van der Waals surface area contributed by atoms with Crippen LogP contribution in [0, 0.1) is 6.92 Å². The van der Waals surface area contributed by atoms with Gasteiger partial charge < -0.3 is 5.73 Å². The van der Waals surface area contributed by atoms with E-state index in [1.807, 2.05) is 36.7 Å². The summed E-state index contributed by atoms with van der Waals surface area (Å²) in [6.45, 7) is 2.06. The first-order valence-electron chi connectivity index (χ1n) is 5.54. The van der Waals surface area contributed by atoms with Gasteiger partial charge >= 0.3 is 0 Å². The van der Waals surface area contributed by atoms with Crippen LogP contribution in [0.5, 0.6) is 0 Å². The number of nitrogens with zero attached hydrogens (tertiary/aromatic N) is 2. The highest BCUT2D eigenvalue weighted by Gasteiger charge is 2.05. The van der Waals surface area contributed by atoms with Crippen LogP contribution in [-0.2, 0) is 0 Å². The number of nitrogens with two attached hydrogens (primary N) is 1. The number of hydrogen-bond acceptors (Lipinski definition) is 2. The van der Waals surface area contributed by atoms with Crippen molar-refractivity contribution in [3.63, 3.8) is 0 Å². The fourth-order valence-electron chi connectivity index (χ4n) is 1.99. The Balaban J connectivity index is 2.24. The number of imidazole rings is 1. The highest BCUT2D eigenvalue weighted by Crippen LogP contribution is 2.22. The van der Waals surface area contributed by atoms with Crippen molar-refractivity contribution in [1.82, 2.24) is 9.38 Å². The molecule has 3 aromatic rings. The first-order valence-corrected chi connectivity index (χ1v) is 5.54. The molecule has 0 bridgehead atoms. The zero-order valence-electron chi connectivity index (χ0n) is 9.59. The molecule has 2 aromatic heterocycles. The molecule has 0 aliphatic carbocycles. The van der Waals surface area contributed by atoms with Gasteiger partial charge in [0.2, 0.25) is 0 Å². The fraction of sp³-hybridized carbons (Fsp3) is 0.0714. The van der Waals surface area contributed by atoms with Crippen LogP contribution in [0.15, 0.2) is 48.8 Å². The Kier molecular flexibility index (Phi) is 2.11. The molecule has 0 amide bonds. The van der Waals surface area contributed by atoms with E-state index in [1.165, 1.54) is 5.56 Å². The lowest BCUT2D eigenvalue weighted by molar-refractivity contribution is 1.17. The summed E-state index contributed by atoms with van der Waals surface area (Å²) in [5.41, 5.74) is 10.9. The highest BCUT2D eigenvalue weighted by molar-refractivity contribution is 5.67. The molecule has 0 spiro atoms. The predicted molar refractivity (Wildman–Crippen MR) is 69.8 cm³/mol. The molecule has 3 heteroatoms. The van der Waals surface area contributed by atoms with Gasteiger partial charge in [0.1, 0.15) is 5.65 Å². The van der Waals surface area contributed by atoms with Crippen molar-refractivity contribution < 1.29 is 0 Å². The molecule has 3 nitrogen and oxygen atoms in total. The van der Waals surface area contributed by atoms with E-state index in [-0.39, 0.29) is 0 Å². The summed E-state index contributed by atoms with van der Waals surface area (Å²) in [5, 5.41) is 0. The minimum absolute atomic E-state index is 0.768. The fourth-order valence-corrected chi connectivity index (χ4v) is 1.99. The van der Waals surface area contributed by atoms with E-state index >= 15 is 0 Å². The molecule has 1 aromatic carbocycles. The number of benzene rings is 1. The Bertz CT molecular complexity index is 683. The first-order chi connectivity index (χ1) is 8.24. The smallest absolute Gasteiger partial charge is 0.137 e. The molecule has 0 saturated heterocycles. The van der Waals surface area contributed by atoms with Crippen LogP contribution in [0.2, 0.25) is 0 Å². The van der Waals surface area contributed by atoms with Gasteiger partial charge in [-0.05, 0) is 36.8 Å². The lowest BCUT2D eigenvalue weighted by atomic mass is 10.1. The van der Waals surface area contributed by atoms with Crippen LogP contribution in [0.25, 0.3) is 16.9 Å². The van der Waals surface area contributed by atoms with E-state index in [4.69, 9.17) is 5.73 Å². The first kappa shape index (κ1) is 9.90. The van der Waals surface area contributed by atoms with Crippen molar-refractivity contribution >= 4 is 11.3 Å². The number of hydrogen-bond donors (Lipinski definition) is 1. The van der Waals surface area contributed by atoms with E-state index < -0.39 is 0 Å². The predicted octanol–water partition coefficient (Wildman–Crippen LogP) is 2.89. The highest BCUT2D eigenvalue weighted by atomic mass is 15.0. The molecule has 2 heterocycles. The zero-order valence-corrected chi connectivity index (χ0v) is 9.59. The third-order valence-electron chi connectivity index (χ3n) is 2.85. The van der Waals surface area contributed by atoms with Gasteiger partial charge in [0, 0.05) is 17.4 Å². The Labute approximate surface area is 99.5 Å². The second-order valence-corrected chi connectivity index (χ2v) is 4.20. The molecule has 0 fully saturated rings. The topological polar surface area (TPSA) is 43.3 Å². The third-order valence-corrected chi connectivity index (χ3v) is 2.85. The van der Waals surface area contributed by atoms with Crippen LogP contribution < -0.4 is 5.73 Å². The van der Waals surface area contributed by atoms with Crippen molar-refractivity contribution in [2.45, 2.75) is 6.92 Å². The normalized spacial score (nSPS) is 10.9. The summed E-state index contributed by atoms with van der Waals surface area (Å²) < 4.78 is 2.07. The third kappa shape index (κ3) is 1.65. The molecule has 0 aliphatic heterocycles.